The molecule has 1 fully saturated rings. The van der Waals surface area contributed by atoms with Crippen LogP contribution in [0, 0.1) is 0 Å². The van der Waals surface area contributed by atoms with Gasteiger partial charge in [0.2, 0.25) is 0 Å². The van der Waals surface area contributed by atoms with Gasteiger partial charge in [-0.2, -0.15) is 0 Å². The molecule has 1 saturated heterocycles. The van der Waals surface area contributed by atoms with Gasteiger partial charge in [-0.3, -0.25) is 19.8 Å². The first-order valence-corrected chi connectivity index (χ1v) is 12.1. The number of anilines is 1. The lowest BCUT2D eigenvalue weighted by Gasteiger charge is -2.29. The van der Waals surface area contributed by atoms with Gasteiger partial charge >= 0.3 is 0 Å². The molecule has 6 heteroatoms. The summed E-state index contributed by atoms with van der Waals surface area (Å²) in [7, 11) is 0. The highest BCUT2D eigenvalue weighted by atomic mass is 32.1. The molecule has 0 atom stereocenters. The van der Waals surface area contributed by atoms with Crippen molar-refractivity contribution in [2.24, 2.45) is 0 Å². The van der Waals surface area contributed by atoms with Crippen molar-refractivity contribution in [2.75, 3.05) is 4.90 Å². The summed E-state index contributed by atoms with van der Waals surface area (Å²) in [5, 5.41) is 4.97. The Balaban J connectivity index is 1.44. The number of thiocarbonyl (C=S) groups is 1. The van der Waals surface area contributed by atoms with E-state index in [1.165, 1.54) is 4.90 Å². The fourth-order valence-corrected chi connectivity index (χ4v) is 4.51. The molecule has 1 N–H and O–H groups in total. The molecular weight excluding hydrogens is 468 g/mol. The summed E-state index contributed by atoms with van der Waals surface area (Å²) in [6.45, 7) is 2.41. The lowest BCUT2D eigenvalue weighted by molar-refractivity contribution is -0.122. The highest BCUT2D eigenvalue weighted by Gasteiger charge is 2.34. The van der Waals surface area contributed by atoms with Crippen LogP contribution in [0.5, 0.6) is 5.75 Å². The average Bonchev–Trinajstić information content (AvgIpc) is 2.90. The van der Waals surface area contributed by atoms with Crippen LogP contribution in [0.25, 0.3) is 16.8 Å². The summed E-state index contributed by atoms with van der Waals surface area (Å²) >= 11 is 5.32. The number of amides is 2. The van der Waals surface area contributed by atoms with E-state index in [2.05, 4.69) is 30.4 Å². The van der Waals surface area contributed by atoms with E-state index in [1.54, 1.807) is 6.08 Å². The van der Waals surface area contributed by atoms with Crippen LogP contribution in [-0.2, 0) is 22.6 Å². The fraction of sp³-hybridized carbons (Fsp3) is 0.100. The van der Waals surface area contributed by atoms with Crippen LogP contribution in [0.15, 0.2) is 96.6 Å². The van der Waals surface area contributed by atoms with Crippen molar-refractivity contribution in [3.8, 4) is 5.75 Å². The Labute approximate surface area is 215 Å². The topological polar surface area (TPSA) is 58.6 Å². The van der Waals surface area contributed by atoms with Crippen LogP contribution in [-0.4, -0.2) is 16.9 Å². The molecule has 0 aliphatic carbocycles. The van der Waals surface area contributed by atoms with Crippen molar-refractivity contribution in [2.45, 2.75) is 20.0 Å². The van der Waals surface area contributed by atoms with Crippen molar-refractivity contribution in [1.29, 1.82) is 0 Å². The lowest BCUT2D eigenvalue weighted by Crippen LogP contribution is -2.54. The number of hydrogen-bond acceptors (Lipinski definition) is 4. The molecule has 1 heterocycles. The Kier molecular flexibility index (Phi) is 6.60. The van der Waals surface area contributed by atoms with Crippen LogP contribution in [0.2, 0.25) is 0 Å². The molecule has 0 spiro atoms. The predicted octanol–water partition coefficient (Wildman–Crippen LogP) is 5.81. The first-order valence-electron chi connectivity index (χ1n) is 11.7. The molecule has 0 bridgehead atoms. The molecule has 0 unspecified atom stereocenters. The molecule has 5 rings (SSSR count). The van der Waals surface area contributed by atoms with Gasteiger partial charge in [-0.15, -0.1) is 0 Å². The summed E-state index contributed by atoms with van der Waals surface area (Å²) in [6, 6.07) is 29.2. The Morgan fingerprint density at radius 1 is 0.889 bits per heavy atom. The molecule has 178 valence electrons. The zero-order valence-electron chi connectivity index (χ0n) is 19.7. The normalized spacial score (nSPS) is 14.9. The van der Waals surface area contributed by atoms with Crippen LogP contribution >= 0.6 is 12.2 Å². The van der Waals surface area contributed by atoms with E-state index >= 15 is 0 Å². The SMILES string of the molecule is CCc1ccc(N2C(=O)C(=Cc3ccccc3OCc3cccc4ccccc34)C(=O)NC2=S)cc1. The van der Waals surface area contributed by atoms with Crippen molar-refractivity contribution in [3.05, 3.63) is 113 Å². The Bertz CT molecular complexity index is 1500. The van der Waals surface area contributed by atoms with Gasteiger partial charge in [-0.05, 0) is 64.8 Å². The van der Waals surface area contributed by atoms with Crippen LogP contribution in [0.4, 0.5) is 5.69 Å². The van der Waals surface area contributed by atoms with E-state index in [0.717, 1.165) is 28.3 Å². The van der Waals surface area contributed by atoms with E-state index in [9.17, 15) is 9.59 Å². The van der Waals surface area contributed by atoms with E-state index < -0.39 is 11.8 Å². The van der Waals surface area contributed by atoms with Gasteiger partial charge in [-0.25, -0.2) is 0 Å². The molecule has 0 aromatic heterocycles. The molecule has 5 nitrogen and oxygen atoms in total. The number of para-hydroxylation sites is 1. The van der Waals surface area contributed by atoms with Crippen molar-refractivity contribution >= 4 is 51.7 Å². The number of ether oxygens (including phenoxy) is 1. The minimum atomic E-state index is -0.532. The standard InChI is InChI=1S/C30H24N2O3S/c1-2-20-14-16-24(17-15-20)32-29(34)26(28(33)31-30(32)36)18-22-9-4-6-13-27(22)35-19-23-11-7-10-21-8-3-5-12-25(21)23/h3-18H,2,19H2,1H3,(H,31,33,36). The molecule has 2 amide bonds. The highest BCUT2D eigenvalue weighted by molar-refractivity contribution is 7.80. The van der Waals surface area contributed by atoms with Gasteiger partial charge in [0.25, 0.3) is 11.8 Å². The molecule has 0 saturated carbocycles. The molecular formula is C30H24N2O3S. The maximum atomic E-state index is 13.4. The second-order valence-electron chi connectivity index (χ2n) is 8.44. The molecule has 1 aliphatic heterocycles. The Morgan fingerprint density at radius 2 is 1.61 bits per heavy atom. The van der Waals surface area contributed by atoms with Crippen molar-refractivity contribution < 1.29 is 14.3 Å². The minimum absolute atomic E-state index is 0.00983. The number of benzene rings is 4. The monoisotopic (exact) mass is 492 g/mol. The lowest BCUT2D eigenvalue weighted by atomic mass is 10.0. The summed E-state index contributed by atoms with van der Waals surface area (Å²) < 4.78 is 6.17. The van der Waals surface area contributed by atoms with E-state index in [0.29, 0.717) is 23.6 Å². The second kappa shape index (κ2) is 10.1. The van der Waals surface area contributed by atoms with Gasteiger partial charge in [-0.1, -0.05) is 79.7 Å². The summed E-state index contributed by atoms with van der Waals surface area (Å²) in [4.78, 5) is 27.5. The van der Waals surface area contributed by atoms with Gasteiger partial charge in [0, 0.05) is 5.56 Å². The maximum Gasteiger partial charge on any atom is 0.270 e. The third-order valence-electron chi connectivity index (χ3n) is 6.19. The van der Waals surface area contributed by atoms with Crippen LogP contribution in [0.1, 0.15) is 23.6 Å². The summed E-state index contributed by atoms with van der Waals surface area (Å²) in [6.07, 6.45) is 2.45. The van der Waals surface area contributed by atoms with Crippen molar-refractivity contribution in [1.82, 2.24) is 5.32 Å². The first kappa shape index (κ1) is 23.5. The number of fused-ring (bicyclic) bond motifs is 1. The van der Waals surface area contributed by atoms with Crippen molar-refractivity contribution in [3.63, 3.8) is 0 Å². The van der Waals surface area contributed by atoms with Gasteiger partial charge in [0.1, 0.15) is 17.9 Å². The van der Waals surface area contributed by atoms with Crippen LogP contribution in [0.3, 0.4) is 0 Å². The maximum absolute atomic E-state index is 13.4. The van der Waals surface area contributed by atoms with Gasteiger partial charge in [0.05, 0.1) is 5.69 Å². The number of carbonyl (C=O) groups is 2. The zero-order valence-corrected chi connectivity index (χ0v) is 20.5. The van der Waals surface area contributed by atoms with E-state index in [4.69, 9.17) is 17.0 Å². The molecule has 4 aromatic carbocycles. The number of nitrogens with zero attached hydrogens (tertiary/aromatic N) is 1. The molecule has 1 aliphatic rings. The van der Waals surface area contributed by atoms with Gasteiger partial charge in [0.15, 0.2) is 5.11 Å². The quantitative estimate of drug-likeness (QED) is 0.210. The number of carbonyl (C=O) groups excluding carboxylic acids is 2. The first-order chi connectivity index (χ1) is 17.5. The number of hydrogen-bond donors (Lipinski definition) is 1. The zero-order chi connectivity index (χ0) is 25.1. The number of aryl methyl sites for hydroxylation is 1. The fourth-order valence-electron chi connectivity index (χ4n) is 4.23. The number of nitrogens with one attached hydrogen (secondary N) is 1. The molecule has 4 aromatic rings. The summed E-state index contributed by atoms with van der Waals surface area (Å²) in [5.41, 5.74) is 3.42. The Hall–Kier alpha value is -4.29. The predicted molar refractivity (Wildman–Crippen MR) is 147 cm³/mol. The minimum Gasteiger partial charge on any atom is -0.488 e. The number of rotatable bonds is 6. The van der Waals surface area contributed by atoms with Crippen LogP contribution < -0.4 is 15.0 Å². The Morgan fingerprint density at radius 3 is 2.42 bits per heavy atom. The smallest absolute Gasteiger partial charge is 0.270 e. The third kappa shape index (κ3) is 4.63. The summed E-state index contributed by atoms with van der Waals surface area (Å²) in [5.74, 6) is -0.433. The second-order valence-corrected chi connectivity index (χ2v) is 8.83. The molecule has 0 radical (unpaired) electrons. The molecule has 36 heavy (non-hydrogen) atoms. The highest BCUT2D eigenvalue weighted by Crippen LogP contribution is 2.27. The van der Waals surface area contributed by atoms with E-state index in [-0.39, 0.29) is 10.7 Å². The third-order valence-corrected chi connectivity index (χ3v) is 6.47. The van der Waals surface area contributed by atoms with E-state index in [1.807, 2.05) is 72.8 Å². The van der Waals surface area contributed by atoms with Gasteiger partial charge < -0.3 is 4.74 Å². The average molecular weight is 493 g/mol. The largest absolute Gasteiger partial charge is 0.488 e.